The van der Waals surface area contributed by atoms with Gasteiger partial charge in [0, 0.05) is 13.7 Å². The van der Waals surface area contributed by atoms with Crippen molar-refractivity contribution in [1.82, 2.24) is 4.90 Å². The van der Waals surface area contributed by atoms with E-state index in [1.54, 1.807) is 25.1 Å². The van der Waals surface area contributed by atoms with E-state index in [-0.39, 0.29) is 42.0 Å². The molecule has 1 aromatic rings. The summed E-state index contributed by atoms with van der Waals surface area (Å²) < 4.78 is 12.1. The SMILES string of the molecule is C=CC(C)(CP(=O)([O-])CN(C)C)[Si]c1ccccc1.[Na+]. The topological polar surface area (TPSA) is 43.4 Å². The third-order valence-electron chi connectivity index (χ3n) is 2.72. The van der Waals surface area contributed by atoms with E-state index >= 15 is 0 Å². The number of allylic oxidation sites excluding steroid dienone is 1. The summed E-state index contributed by atoms with van der Waals surface area (Å²) in [6.45, 7) is 5.79. The minimum Gasteiger partial charge on any atom is -0.798 e. The second-order valence-corrected chi connectivity index (χ2v) is 9.50. The first-order valence-corrected chi connectivity index (χ1v) is 9.16. The first-order valence-electron chi connectivity index (χ1n) is 6.17. The monoisotopic (exact) mass is 317 g/mol. The van der Waals surface area contributed by atoms with Crippen LogP contribution in [0.25, 0.3) is 0 Å². The van der Waals surface area contributed by atoms with Gasteiger partial charge in [-0.1, -0.05) is 48.5 Å². The second-order valence-electron chi connectivity index (χ2n) is 5.31. The first-order chi connectivity index (χ1) is 8.76. The predicted octanol–water partition coefficient (Wildman–Crippen LogP) is -1.46. The van der Waals surface area contributed by atoms with Crippen LogP contribution in [0.2, 0.25) is 5.04 Å². The Morgan fingerprint density at radius 1 is 1.40 bits per heavy atom. The van der Waals surface area contributed by atoms with Gasteiger partial charge in [-0.25, -0.2) is 0 Å². The van der Waals surface area contributed by atoms with Crippen LogP contribution < -0.4 is 39.6 Å². The minimum absolute atomic E-state index is 0. The van der Waals surface area contributed by atoms with Crippen molar-refractivity contribution in [1.29, 1.82) is 0 Å². The van der Waals surface area contributed by atoms with Gasteiger partial charge in [0.15, 0.2) is 0 Å². The Hall–Kier alpha value is 0.327. The summed E-state index contributed by atoms with van der Waals surface area (Å²) in [5.74, 6) is 0. The third-order valence-corrected chi connectivity index (χ3v) is 6.73. The van der Waals surface area contributed by atoms with E-state index in [9.17, 15) is 9.46 Å². The molecule has 0 N–H and O–H groups in total. The quantitative estimate of drug-likeness (QED) is 0.351. The van der Waals surface area contributed by atoms with Crippen molar-refractivity contribution in [2.24, 2.45) is 0 Å². The second kappa shape index (κ2) is 8.69. The molecule has 6 heteroatoms. The van der Waals surface area contributed by atoms with Crippen LogP contribution in [0.15, 0.2) is 43.0 Å². The van der Waals surface area contributed by atoms with E-state index < -0.39 is 12.4 Å². The van der Waals surface area contributed by atoms with Crippen LogP contribution in [0.3, 0.4) is 0 Å². The fourth-order valence-corrected chi connectivity index (χ4v) is 6.24. The van der Waals surface area contributed by atoms with E-state index in [1.165, 1.54) is 0 Å². The Balaban J connectivity index is 0.00000361. The Kier molecular flexibility index (Phi) is 8.83. The van der Waals surface area contributed by atoms with E-state index in [0.29, 0.717) is 9.52 Å². The molecule has 20 heavy (non-hydrogen) atoms. The van der Waals surface area contributed by atoms with Gasteiger partial charge < -0.3 is 14.4 Å². The van der Waals surface area contributed by atoms with E-state index in [1.807, 2.05) is 37.3 Å². The van der Waals surface area contributed by atoms with Crippen molar-refractivity contribution in [3.05, 3.63) is 43.0 Å². The van der Waals surface area contributed by atoms with Gasteiger partial charge in [-0.05, 0) is 25.3 Å². The summed E-state index contributed by atoms with van der Waals surface area (Å²) in [6.07, 6.45) is 2.05. The summed E-state index contributed by atoms with van der Waals surface area (Å²) >= 11 is 0. The zero-order chi connectivity index (χ0) is 14.5. The van der Waals surface area contributed by atoms with Gasteiger partial charge >= 0.3 is 29.6 Å². The van der Waals surface area contributed by atoms with E-state index in [0.717, 1.165) is 5.19 Å². The van der Waals surface area contributed by atoms with Gasteiger partial charge in [0.05, 0.1) is 9.52 Å². The van der Waals surface area contributed by atoms with Crippen LogP contribution in [0, 0.1) is 0 Å². The van der Waals surface area contributed by atoms with E-state index in [4.69, 9.17) is 0 Å². The Bertz CT molecular complexity index is 470. The number of rotatable bonds is 7. The number of benzene rings is 1. The molecule has 0 saturated heterocycles. The summed E-state index contributed by atoms with van der Waals surface area (Å²) in [7, 11) is 0.544. The molecule has 0 aliphatic rings. The number of hydrogen-bond donors (Lipinski definition) is 0. The predicted molar refractivity (Wildman–Crippen MR) is 81.4 cm³/mol. The molecule has 0 fully saturated rings. The van der Waals surface area contributed by atoms with Crippen molar-refractivity contribution < 1.29 is 39.0 Å². The van der Waals surface area contributed by atoms with Crippen LogP contribution >= 0.6 is 7.37 Å². The molecule has 0 saturated carbocycles. The maximum Gasteiger partial charge on any atom is 1.00 e. The molecule has 0 spiro atoms. The number of nitrogens with zero attached hydrogens (tertiary/aromatic N) is 1. The molecule has 0 amide bonds. The molecule has 0 aliphatic heterocycles. The summed E-state index contributed by atoms with van der Waals surface area (Å²) in [5.41, 5.74) is 0. The van der Waals surface area contributed by atoms with Crippen molar-refractivity contribution in [3.63, 3.8) is 0 Å². The van der Waals surface area contributed by atoms with Crippen molar-refractivity contribution in [2.45, 2.75) is 12.0 Å². The third kappa shape index (κ3) is 7.37. The Labute approximate surface area is 147 Å². The van der Waals surface area contributed by atoms with Crippen LogP contribution in [0.4, 0.5) is 0 Å². The molecule has 0 heterocycles. The van der Waals surface area contributed by atoms with Gasteiger partial charge in [-0.2, -0.15) is 0 Å². The Morgan fingerprint density at radius 3 is 2.40 bits per heavy atom. The van der Waals surface area contributed by atoms with Gasteiger partial charge in [0.25, 0.3) is 0 Å². The number of hydrogen-bond acceptors (Lipinski definition) is 3. The van der Waals surface area contributed by atoms with Crippen LogP contribution in [0.1, 0.15) is 6.92 Å². The summed E-state index contributed by atoms with van der Waals surface area (Å²) in [4.78, 5) is 13.8. The zero-order valence-corrected chi connectivity index (χ0v) is 16.7. The maximum absolute atomic E-state index is 12.1. The summed E-state index contributed by atoms with van der Waals surface area (Å²) in [6, 6.07) is 9.97. The normalized spacial score (nSPS) is 16.9. The molecule has 0 bridgehead atoms. The largest absolute Gasteiger partial charge is 1.00 e. The van der Waals surface area contributed by atoms with Gasteiger partial charge in [-0.15, -0.1) is 6.58 Å². The fraction of sp³-hybridized carbons (Fsp3) is 0.429. The van der Waals surface area contributed by atoms with Crippen molar-refractivity contribution in [3.8, 4) is 0 Å². The first kappa shape index (κ1) is 20.3. The molecule has 1 rings (SSSR count). The molecule has 2 atom stereocenters. The average molecular weight is 317 g/mol. The summed E-state index contributed by atoms with van der Waals surface area (Å²) in [5, 5.41) is 0.768. The fourth-order valence-electron chi connectivity index (χ4n) is 1.99. The van der Waals surface area contributed by atoms with E-state index in [2.05, 4.69) is 6.58 Å². The molecular weight excluding hydrogens is 296 g/mol. The molecule has 1 aromatic carbocycles. The van der Waals surface area contributed by atoms with Crippen molar-refractivity contribution >= 4 is 22.1 Å². The van der Waals surface area contributed by atoms with Crippen LogP contribution in [-0.4, -0.2) is 41.0 Å². The molecule has 0 aromatic heterocycles. The van der Waals surface area contributed by atoms with Crippen molar-refractivity contribution in [2.75, 3.05) is 26.5 Å². The minimum atomic E-state index is -3.41. The van der Waals surface area contributed by atoms with Crippen LogP contribution in [0.5, 0.6) is 0 Å². The Morgan fingerprint density at radius 2 is 1.95 bits per heavy atom. The van der Waals surface area contributed by atoms with Gasteiger partial charge in [0.1, 0.15) is 0 Å². The standard InChI is InChI=1S/C14H22NO2PSi.Na/c1-5-14(2,11-18(16,17)12-15(3)4)19-13-9-7-6-8-10-13;/h5-10H,1,11-12H2,2-4H3,(H,16,17);/q;+1/p-1. The molecular formula is C14H21NNaO2PSi. The molecule has 2 unspecified atom stereocenters. The van der Waals surface area contributed by atoms with Gasteiger partial charge in [0.2, 0.25) is 0 Å². The average Bonchev–Trinajstić information content (AvgIpc) is 2.27. The molecule has 0 aliphatic carbocycles. The maximum atomic E-state index is 12.1. The van der Waals surface area contributed by atoms with Crippen LogP contribution in [-0.2, 0) is 4.57 Å². The smallest absolute Gasteiger partial charge is 0.798 e. The molecule has 2 radical (unpaired) electrons. The molecule has 104 valence electrons. The van der Waals surface area contributed by atoms with Gasteiger partial charge in [-0.3, -0.25) is 0 Å². The molecule has 3 nitrogen and oxygen atoms in total. The zero-order valence-electron chi connectivity index (χ0n) is 12.8.